The zero-order chi connectivity index (χ0) is 31.2. The van der Waals surface area contributed by atoms with Crippen LogP contribution in [0.2, 0.25) is 5.02 Å². The van der Waals surface area contributed by atoms with Crippen molar-refractivity contribution in [2.45, 2.75) is 76.9 Å². The second kappa shape index (κ2) is 15.3. The number of halogens is 1. The van der Waals surface area contributed by atoms with Crippen molar-refractivity contribution in [1.29, 1.82) is 0 Å². The molecule has 3 aliphatic heterocycles. The van der Waals surface area contributed by atoms with Gasteiger partial charge < -0.3 is 25.8 Å². The highest BCUT2D eigenvalue weighted by molar-refractivity contribution is 7.97. The first-order valence-corrected chi connectivity index (χ1v) is 17.6. The molecule has 4 N–H and O–H groups in total. The number of likely N-dealkylation sites (N-methyl/N-ethyl adjacent to an activating group) is 1. The Kier molecular flexibility index (Phi) is 11.5. The van der Waals surface area contributed by atoms with Gasteiger partial charge in [0.2, 0.25) is 0 Å². The van der Waals surface area contributed by atoms with Crippen molar-refractivity contribution < 1.29 is 9.59 Å². The maximum absolute atomic E-state index is 13.6. The Morgan fingerprint density at radius 1 is 1.07 bits per heavy atom. The van der Waals surface area contributed by atoms with Crippen LogP contribution in [0.1, 0.15) is 77.8 Å². The molecule has 2 aromatic rings. The standard InChI is InChI=1S/C34H49ClN6O2S/c1-22-16-23(2)38-32(22)20-29(33(42)37-4)25-6-9-31(35)30(17-25)34(43)39-26-18-27-7-8-28(19-26)41(27)44-21-24-10-14-40(15-11-24)13-5-12-36-3/h6,9,16-17,20,24,26-28,36,38H,5,7-8,10-15,18-19,21H2,1-4H3,(H,37,42)(H,39,43)/b29-20-/t26?,27-,28?/m1/s1. The lowest BCUT2D eigenvalue weighted by molar-refractivity contribution is -0.115. The Hall–Kier alpha value is -2.30. The van der Waals surface area contributed by atoms with Crippen molar-refractivity contribution in [1.82, 2.24) is 30.1 Å². The van der Waals surface area contributed by atoms with Gasteiger partial charge in [-0.15, -0.1) is 0 Å². The summed E-state index contributed by atoms with van der Waals surface area (Å²) in [5.41, 5.74) is 4.48. The fourth-order valence-electron chi connectivity index (χ4n) is 7.10. The van der Waals surface area contributed by atoms with Crippen molar-refractivity contribution in [3.63, 3.8) is 0 Å². The number of benzene rings is 1. The molecule has 3 saturated heterocycles. The molecule has 1 aromatic carbocycles. The van der Waals surface area contributed by atoms with Crippen LogP contribution in [-0.2, 0) is 4.79 Å². The van der Waals surface area contributed by atoms with E-state index in [1.807, 2.05) is 33.0 Å². The molecule has 1 aromatic heterocycles. The van der Waals surface area contributed by atoms with Crippen LogP contribution in [-0.4, -0.2) is 90.2 Å². The van der Waals surface area contributed by atoms with E-state index in [1.165, 1.54) is 57.5 Å². The highest BCUT2D eigenvalue weighted by atomic mass is 35.5. The predicted molar refractivity (Wildman–Crippen MR) is 183 cm³/mol. The molecule has 0 radical (unpaired) electrons. The summed E-state index contributed by atoms with van der Waals surface area (Å²) in [4.78, 5) is 32.4. The zero-order valence-electron chi connectivity index (χ0n) is 26.7. The van der Waals surface area contributed by atoms with Gasteiger partial charge >= 0.3 is 0 Å². The average molecular weight is 641 g/mol. The fraction of sp³-hybridized carbons (Fsp3) is 0.588. The first kappa shape index (κ1) is 33.1. The van der Waals surface area contributed by atoms with E-state index >= 15 is 0 Å². The molecule has 3 aliphatic rings. The summed E-state index contributed by atoms with van der Waals surface area (Å²) in [6.07, 6.45) is 9.99. The summed E-state index contributed by atoms with van der Waals surface area (Å²) >= 11 is 8.62. The van der Waals surface area contributed by atoms with Gasteiger partial charge in [0.25, 0.3) is 11.8 Å². The largest absolute Gasteiger partial charge is 0.359 e. The lowest BCUT2D eigenvalue weighted by Crippen LogP contribution is -2.48. The predicted octanol–water partition coefficient (Wildman–Crippen LogP) is 5.27. The van der Waals surface area contributed by atoms with E-state index in [9.17, 15) is 9.59 Å². The number of aromatic nitrogens is 1. The molecule has 0 aliphatic carbocycles. The van der Waals surface area contributed by atoms with E-state index in [-0.39, 0.29) is 17.9 Å². The molecule has 0 saturated carbocycles. The van der Waals surface area contributed by atoms with E-state index in [1.54, 1.807) is 25.2 Å². The summed E-state index contributed by atoms with van der Waals surface area (Å²) in [6.45, 7) is 8.75. The SMILES string of the molecule is CNCCCN1CCC(CSN2C3CC[C@@H]2CC(NC(=O)c2cc(/C(=C/c4[nH]c(C)cc4C)C(=O)NC)ccc2Cl)C3)CC1. The number of amides is 2. The molecule has 3 atom stereocenters. The minimum atomic E-state index is -0.221. The summed E-state index contributed by atoms with van der Waals surface area (Å²) in [5, 5.41) is 9.68. The number of nitrogens with one attached hydrogen (secondary N) is 4. The van der Waals surface area contributed by atoms with E-state index in [0.29, 0.717) is 33.8 Å². The van der Waals surface area contributed by atoms with Gasteiger partial charge in [-0.3, -0.25) is 9.59 Å². The number of H-pyrrole nitrogens is 1. The molecule has 44 heavy (non-hydrogen) atoms. The summed E-state index contributed by atoms with van der Waals surface area (Å²) in [6, 6.07) is 8.43. The van der Waals surface area contributed by atoms with Crippen LogP contribution in [0.15, 0.2) is 24.3 Å². The van der Waals surface area contributed by atoms with Crippen LogP contribution >= 0.6 is 23.5 Å². The Morgan fingerprint density at radius 3 is 2.43 bits per heavy atom. The first-order chi connectivity index (χ1) is 21.2. The topological polar surface area (TPSA) is 92.5 Å². The van der Waals surface area contributed by atoms with Crippen molar-refractivity contribution in [2.24, 2.45) is 5.92 Å². The Balaban J connectivity index is 1.18. The molecule has 5 rings (SSSR count). The Labute approximate surface area is 272 Å². The number of fused-ring (bicyclic) bond motifs is 2. The van der Waals surface area contributed by atoms with Gasteiger partial charge in [-0.1, -0.05) is 29.6 Å². The minimum Gasteiger partial charge on any atom is -0.359 e. The summed E-state index contributed by atoms with van der Waals surface area (Å²) in [5.74, 6) is 1.61. The Bertz CT molecular complexity index is 1320. The number of nitrogens with zero attached hydrogens (tertiary/aromatic N) is 2. The maximum Gasteiger partial charge on any atom is 0.253 e. The highest BCUT2D eigenvalue weighted by Gasteiger charge is 2.42. The van der Waals surface area contributed by atoms with Crippen molar-refractivity contribution in [2.75, 3.05) is 46.0 Å². The highest BCUT2D eigenvalue weighted by Crippen LogP contribution is 2.41. The van der Waals surface area contributed by atoms with Gasteiger partial charge in [0.05, 0.1) is 10.6 Å². The second-order valence-corrected chi connectivity index (χ2v) is 14.2. The van der Waals surface area contributed by atoms with E-state index < -0.39 is 0 Å². The van der Waals surface area contributed by atoms with Gasteiger partial charge in [0.1, 0.15) is 0 Å². The van der Waals surface area contributed by atoms with Gasteiger partial charge in [0.15, 0.2) is 0 Å². The van der Waals surface area contributed by atoms with E-state index in [2.05, 4.69) is 42.1 Å². The van der Waals surface area contributed by atoms with Gasteiger partial charge in [-0.2, -0.15) is 0 Å². The molecule has 2 unspecified atom stereocenters. The normalized spacial score (nSPS) is 23.2. The first-order valence-electron chi connectivity index (χ1n) is 16.2. The van der Waals surface area contributed by atoms with Crippen molar-refractivity contribution in [3.05, 3.63) is 57.4 Å². The molecule has 3 fully saturated rings. The number of piperidine rings is 2. The van der Waals surface area contributed by atoms with E-state index in [4.69, 9.17) is 11.6 Å². The van der Waals surface area contributed by atoms with Crippen LogP contribution in [0.5, 0.6) is 0 Å². The average Bonchev–Trinajstić information content (AvgIpc) is 3.46. The molecule has 4 heterocycles. The molecule has 8 nitrogen and oxygen atoms in total. The zero-order valence-corrected chi connectivity index (χ0v) is 28.3. The molecule has 2 amide bonds. The summed E-state index contributed by atoms with van der Waals surface area (Å²) < 4.78 is 2.67. The number of likely N-dealkylation sites (tertiary alicyclic amines) is 1. The molecular formula is C34H49ClN6O2S. The van der Waals surface area contributed by atoms with Crippen molar-refractivity contribution in [3.8, 4) is 0 Å². The van der Waals surface area contributed by atoms with Gasteiger partial charge in [-0.25, -0.2) is 4.31 Å². The fourth-order valence-corrected chi connectivity index (χ4v) is 8.82. The third-order valence-electron chi connectivity index (χ3n) is 9.54. The maximum atomic E-state index is 13.6. The van der Waals surface area contributed by atoms with Crippen LogP contribution < -0.4 is 16.0 Å². The molecule has 0 spiro atoms. The monoisotopic (exact) mass is 640 g/mol. The molecular weight excluding hydrogens is 592 g/mol. The van der Waals surface area contributed by atoms with Gasteiger partial charge in [-0.05, 0) is 133 Å². The van der Waals surface area contributed by atoms with Crippen molar-refractivity contribution >= 4 is 47.0 Å². The van der Waals surface area contributed by atoms with Crippen LogP contribution in [0, 0.1) is 19.8 Å². The second-order valence-electron chi connectivity index (χ2n) is 12.8. The Morgan fingerprint density at radius 2 is 1.80 bits per heavy atom. The molecule has 240 valence electrons. The number of aryl methyl sites for hydroxylation is 2. The lowest BCUT2D eigenvalue weighted by Gasteiger charge is -2.39. The number of carbonyl (C=O) groups is 2. The van der Waals surface area contributed by atoms with Crippen LogP contribution in [0.25, 0.3) is 11.6 Å². The van der Waals surface area contributed by atoms with Gasteiger partial charge in [0, 0.05) is 47.9 Å². The number of rotatable bonds is 12. The molecule has 10 heteroatoms. The smallest absolute Gasteiger partial charge is 0.253 e. The number of hydrogen-bond acceptors (Lipinski definition) is 6. The van der Waals surface area contributed by atoms with E-state index in [0.717, 1.165) is 42.3 Å². The third-order valence-corrected chi connectivity index (χ3v) is 11.4. The minimum absolute atomic E-state index is 0.121. The van der Waals surface area contributed by atoms with Crippen LogP contribution in [0.4, 0.5) is 0 Å². The quantitative estimate of drug-likeness (QED) is 0.144. The number of carbonyl (C=O) groups excluding carboxylic acids is 2. The van der Waals surface area contributed by atoms with Crippen LogP contribution in [0.3, 0.4) is 0 Å². The molecule has 2 bridgehead atoms. The summed E-state index contributed by atoms with van der Waals surface area (Å²) in [7, 11) is 3.64. The number of hydrogen-bond donors (Lipinski definition) is 4. The lowest BCUT2D eigenvalue weighted by atomic mass is 9.98. The number of aromatic amines is 1. The third kappa shape index (κ3) is 8.10.